The molecule has 6 heteroatoms. The van der Waals surface area contributed by atoms with Gasteiger partial charge in [0.2, 0.25) is 5.91 Å². The molecule has 0 saturated heterocycles. The van der Waals surface area contributed by atoms with Gasteiger partial charge in [0.05, 0.1) is 12.3 Å². The zero-order chi connectivity index (χ0) is 17.5. The Bertz CT molecular complexity index is 730. The van der Waals surface area contributed by atoms with Crippen molar-refractivity contribution in [3.8, 4) is 5.75 Å². The van der Waals surface area contributed by atoms with Gasteiger partial charge in [0.1, 0.15) is 17.4 Å². The largest absolute Gasteiger partial charge is 0.494 e. The van der Waals surface area contributed by atoms with E-state index in [1.54, 1.807) is 24.3 Å². The summed E-state index contributed by atoms with van der Waals surface area (Å²) in [4.78, 5) is 23.8. The fraction of sp³-hybridized carbons (Fsp3) is 0.222. The highest BCUT2D eigenvalue weighted by molar-refractivity contribution is 6.00. The van der Waals surface area contributed by atoms with Gasteiger partial charge < -0.3 is 10.1 Å². The summed E-state index contributed by atoms with van der Waals surface area (Å²) in [6.07, 6.45) is -0.106. The molecule has 0 aromatic heterocycles. The van der Waals surface area contributed by atoms with E-state index in [9.17, 15) is 18.4 Å². The maximum Gasteiger partial charge on any atom is 0.224 e. The predicted molar refractivity (Wildman–Crippen MR) is 86.2 cm³/mol. The number of rotatable bonds is 7. The van der Waals surface area contributed by atoms with Crippen LogP contribution in [0.3, 0.4) is 0 Å². The van der Waals surface area contributed by atoms with Crippen molar-refractivity contribution in [2.24, 2.45) is 0 Å². The second-order valence-corrected chi connectivity index (χ2v) is 5.05. The zero-order valence-corrected chi connectivity index (χ0v) is 13.1. The van der Waals surface area contributed by atoms with Gasteiger partial charge in [-0.1, -0.05) is 0 Å². The number of nitrogens with one attached hydrogen (secondary N) is 1. The number of anilines is 1. The van der Waals surface area contributed by atoms with Crippen LogP contribution in [0.2, 0.25) is 0 Å². The number of Topliss-reactive ketones (excluding diaryl/α,β-unsaturated/α-hetero) is 1. The van der Waals surface area contributed by atoms with E-state index in [0.29, 0.717) is 24.0 Å². The van der Waals surface area contributed by atoms with E-state index in [-0.39, 0.29) is 24.3 Å². The minimum atomic E-state index is -0.860. The number of hydrogen-bond donors (Lipinski definition) is 1. The van der Waals surface area contributed by atoms with Gasteiger partial charge in [-0.25, -0.2) is 8.78 Å². The second-order valence-electron chi connectivity index (χ2n) is 5.05. The molecule has 24 heavy (non-hydrogen) atoms. The third-order valence-electron chi connectivity index (χ3n) is 3.27. The van der Waals surface area contributed by atoms with Crippen LogP contribution in [0.4, 0.5) is 14.5 Å². The Hall–Kier alpha value is -2.76. The van der Waals surface area contributed by atoms with E-state index in [0.717, 1.165) is 12.1 Å². The molecule has 0 bridgehead atoms. The van der Waals surface area contributed by atoms with E-state index in [4.69, 9.17) is 4.74 Å². The molecule has 2 rings (SSSR count). The molecule has 0 aliphatic heterocycles. The molecule has 0 saturated carbocycles. The molecule has 2 aromatic rings. The van der Waals surface area contributed by atoms with Crippen LogP contribution in [0.5, 0.6) is 5.75 Å². The van der Waals surface area contributed by atoms with Crippen molar-refractivity contribution in [3.05, 3.63) is 59.7 Å². The molecule has 0 fully saturated rings. The van der Waals surface area contributed by atoms with Crippen molar-refractivity contribution in [1.82, 2.24) is 0 Å². The summed E-state index contributed by atoms with van der Waals surface area (Å²) in [5, 5.41) is 2.32. The summed E-state index contributed by atoms with van der Waals surface area (Å²) < 4.78 is 31.5. The molecule has 1 N–H and O–H groups in total. The van der Waals surface area contributed by atoms with Crippen molar-refractivity contribution in [3.63, 3.8) is 0 Å². The number of hydrogen-bond acceptors (Lipinski definition) is 3. The highest BCUT2D eigenvalue weighted by Crippen LogP contribution is 2.16. The average Bonchev–Trinajstić information content (AvgIpc) is 2.56. The molecule has 4 nitrogen and oxygen atoms in total. The lowest BCUT2D eigenvalue weighted by Gasteiger charge is -2.07. The fourth-order valence-corrected chi connectivity index (χ4v) is 2.08. The van der Waals surface area contributed by atoms with Crippen molar-refractivity contribution in [1.29, 1.82) is 0 Å². The van der Waals surface area contributed by atoms with Crippen molar-refractivity contribution < 1.29 is 23.1 Å². The molecular weight excluding hydrogens is 316 g/mol. The van der Waals surface area contributed by atoms with Crippen LogP contribution in [0.15, 0.2) is 42.5 Å². The first-order valence-electron chi connectivity index (χ1n) is 7.50. The summed E-state index contributed by atoms with van der Waals surface area (Å²) >= 11 is 0. The first kappa shape index (κ1) is 17.6. The number of ketones is 1. The lowest BCUT2D eigenvalue weighted by Crippen LogP contribution is -2.14. The first-order valence-corrected chi connectivity index (χ1v) is 7.50. The van der Waals surface area contributed by atoms with E-state index in [2.05, 4.69) is 5.32 Å². The van der Waals surface area contributed by atoms with Gasteiger partial charge in [0, 0.05) is 24.5 Å². The predicted octanol–water partition coefficient (Wildman–Crippen LogP) is 3.97. The molecule has 126 valence electrons. The van der Waals surface area contributed by atoms with E-state index < -0.39 is 17.5 Å². The van der Waals surface area contributed by atoms with Gasteiger partial charge in [-0.05, 0) is 43.3 Å². The van der Waals surface area contributed by atoms with Crippen LogP contribution in [-0.4, -0.2) is 18.3 Å². The highest BCUT2D eigenvalue weighted by Gasteiger charge is 2.12. The van der Waals surface area contributed by atoms with Crippen LogP contribution >= 0.6 is 0 Å². The van der Waals surface area contributed by atoms with Gasteiger partial charge >= 0.3 is 0 Å². The highest BCUT2D eigenvalue weighted by atomic mass is 19.1. The van der Waals surface area contributed by atoms with Gasteiger partial charge in [-0.3, -0.25) is 9.59 Å². The van der Waals surface area contributed by atoms with Crippen molar-refractivity contribution in [2.45, 2.75) is 19.8 Å². The molecule has 0 spiro atoms. The molecule has 0 aliphatic carbocycles. The Morgan fingerprint density at radius 1 is 1.04 bits per heavy atom. The quantitative estimate of drug-likeness (QED) is 0.780. The van der Waals surface area contributed by atoms with Crippen molar-refractivity contribution in [2.75, 3.05) is 11.9 Å². The molecule has 0 heterocycles. The monoisotopic (exact) mass is 333 g/mol. The Kier molecular flexibility index (Phi) is 6.01. The second kappa shape index (κ2) is 8.19. The molecule has 2 aromatic carbocycles. The normalized spacial score (nSPS) is 10.3. The van der Waals surface area contributed by atoms with E-state index >= 15 is 0 Å². The smallest absolute Gasteiger partial charge is 0.224 e. The average molecular weight is 333 g/mol. The number of amides is 1. The maximum atomic E-state index is 13.4. The Morgan fingerprint density at radius 3 is 2.38 bits per heavy atom. The van der Waals surface area contributed by atoms with Gasteiger partial charge in [-0.2, -0.15) is 0 Å². The summed E-state index contributed by atoms with van der Waals surface area (Å²) in [7, 11) is 0. The Morgan fingerprint density at radius 2 is 1.75 bits per heavy atom. The SMILES string of the molecule is CCOc1ccc(C(=O)CCC(=O)Nc2ccc(F)cc2F)cc1. The van der Waals surface area contributed by atoms with Crippen LogP contribution in [0, 0.1) is 11.6 Å². The number of ether oxygens (including phenoxy) is 1. The van der Waals surface area contributed by atoms with Gasteiger partial charge in [0.25, 0.3) is 0 Å². The third kappa shape index (κ3) is 4.87. The first-order chi connectivity index (χ1) is 11.5. The molecular formula is C18H17F2NO3. The fourth-order valence-electron chi connectivity index (χ4n) is 2.08. The van der Waals surface area contributed by atoms with Gasteiger partial charge in [-0.15, -0.1) is 0 Å². The minimum absolute atomic E-state index is 0.0113. The minimum Gasteiger partial charge on any atom is -0.494 e. The number of benzene rings is 2. The topological polar surface area (TPSA) is 55.4 Å². The summed E-state index contributed by atoms with van der Waals surface area (Å²) in [6, 6.07) is 9.49. The molecule has 1 amide bonds. The van der Waals surface area contributed by atoms with Crippen LogP contribution in [0.1, 0.15) is 30.1 Å². The van der Waals surface area contributed by atoms with Crippen molar-refractivity contribution >= 4 is 17.4 Å². The Labute approximate surface area is 138 Å². The van der Waals surface area contributed by atoms with E-state index in [1.165, 1.54) is 0 Å². The Balaban J connectivity index is 1.87. The van der Waals surface area contributed by atoms with Gasteiger partial charge in [0.15, 0.2) is 5.78 Å². The number of carbonyl (C=O) groups is 2. The van der Waals surface area contributed by atoms with Crippen LogP contribution in [0.25, 0.3) is 0 Å². The number of carbonyl (C=O) groups excluding carboxylic acids is 2. The lowest BCUT2D eigenvalue weighted by atomic mass is 10.1. The molecule has 0 aliphatic rings. The summed E-state index contributed by atoms with van der Waals surface area (Å²) in [5.41, 5.74) is 0.356. The lowest BCUT2D eigenvalue weighted by molar-refractivity contribution is -0.116. The molecule has 0 radical (unpaired) electrons. The number of halogens is 2. The zero-order valence-electron chi connectivity index (χ0n) is 13.1. The maximum absolute atomic E-state index is 13.4. The third-order valence-corrected chi connectivity index (χ3v) is 3.27. The standard InChI is InChI=1S/C18H17F2NO3/c1-2-24-14-6-3-12(4-7-14)17(22)9-10-18(23)21-16-8-5-13(19)11-15(16)20/h3-8,11H,2,9-10H2,1H3,(H,21,23). The summed E-state index contributed by atoms with van der Waals surface area (Å²) in [6.45, 7) is 2.40. The molecule has 0 atom stereocenters. The summed E-state index contributed by atoms with van der Waals surface area (Å²) in [5.74, 6) is -1.64. The van der Waals surface area contributed by atoms with Crippen LogP contribution in [-0.2, 0) is 4.79 Å². The van der Waals surface area contributed by atoms with Crippen LogP contribution < -0.4 is 10.1 Å². The van der Waals surface area contributed by atoms with E-state index in [1.807, 2.05) is 6.92 Å². The molecule has 0 unspecified atom stereocenters.